The van der Waals surface area contributed by atoms with Crippen molar-refractivity contribution in [2.24, 2.45) is 0 Å². The molecule has 1 aromatic rings. The third-order valence-corrected chi connectivity index (χ3v) is 3.59. The molecule has 0 spiro atoms. The van der Waals surface area contributed by atoms with Crippen LogP contribution >= 0.6 is 0 Å². The van der Waals surface area contributed by atoms with Crippen LogP contribution in [0.2, 0.25) is 0 Å². The second-order valence-corrected chi connectivity index (χ2v) is 7.17. The molecule has 0 unspecified atom stereocenters. The van der Waals surface area contributed by atoms with Gasteiger partial charge in [-0.1, -0.05) is 0 Å². The summed E-state index contributed by atoms with van der Waals surface area (Å²) in [6.45, 7) is 8.66. The van der Waals surface area contributed by atoms with Gasteiger partial charge in [-0.3, -0.25) is 0 Å². The molecule has 0 aromatic carbocycles. The zero-order chi connectivity index (χ0) is 14.3. The van der Waals surface area contributed by atoms with Crippen LogP contribution in [0.4, 0.5) is 0 Å². The van der Waals surface area contributed by atoms with Crippen molar-refractivity contribution in [3.05, 3.63) is 23.0 Å². The van der Waals surface area contributed by atoms with Gasteiger partial charge in [0.25, 0.3) is 0 Å². The Bertz CT molecular complexity index is 576. The molecule has 0 saturated carbocycles. The Morgan fingerprint density at radius 3 is 2.11 bits per heavy atom. The normalized spacial score (nSPS) is 12.6. The Kier molecular flexibility index (Phi) is 3.63. The van der Waals surface area contributed by atoms with E-state index in [4.69, 9.17) is 4.74 Å². The van der Waals surface area contributed by atoms with Crippen LogP contribution in [0.1, 0.15) is 42.4 Å². The fourth-order valence-corrected chi connectivity index (χ4v) is 2.49. The summed E-state index contributed by atoms with van der Waals surface area (Å²) in [6, 6.07) is 0. The monoisotopic (exact) mass is 273 g/mol. The van der Waals surface area contributed by atoms with E-state index in [0.717, 1.165) is 10.2 Å². The van der Waals surface area contributed by atoms with Crippen LogP contribution in [0.5, 0.6) is 0 Å². The Hall–Kier alpha value is -1.30. The molecule has 18 heavy (non-hydrogen) atoms. The quantitative estimate of drug-likeness (QED) is 0.772. The summed E-state index contributed by atoms with van der Waals surface area (Å²) < 4.78 is 29.4. The first-order chi connectivity index (χ1) is 7.93. The van der Waals surface area contributed by atoms with Gasteiger partial charge >= 0.3 is 5.97 Å². The van der Waals surface area contributed by atoms with Gasteiger partial charge < -0.3 is 4.74 Å². The maximum absolute atomic E-state index is 11.9. The average Bonchev–Trinajstić information content (AvgIpc) is 2.40. The summed E-state index contributed by atoms with van der Waals surface area (Å²) >= 11 is 0. The first-order valence-corrected chi connectivity index (χ1v) is 7.41. The standard InChI is InChI=1S/C12H19NO4S/c1-8-9(2)13(18(6,15)16)7-10(8)11(14)17-12(3,4)5/h7H,1-6H3. The molecule has 1 aromatic heterocycles. The predicted octanol–water partition coefficient (Wildman–Crippen LogP) is 1.87. The Balaban J connectivity index is 3.25. The zero-order valence-corrected chi connectivity index (χ0v) is 12.4. The summed E-state index contributed by atoms with van der Waals surface area (Å²) in [5, 5.41) is 0. The van der Waals surface area contributed by atoms with Crippen LogP contribution in [0, 0.1) is 13.8 Å². The second kappa shape index (κ2) is 4.42. The van der Waals surface area contributed by atoms with Crippen molar-refractivity contribution in [3.63, 3.8) is 0 Å². The van der Waals surface area contributed by atoms with E-state index in [2.05, 4.69) is 0 Å². The average molecular weight is 273 g/mol. The summed E-state index contributed by atoms with van der Waals surface area (Å²) in [6.07, 6.45) is 2.41. The first-order valence-electron chi connectivity index (χ1n) is 5.56. The van der Waals surface area contributed by atoms with Crippen LogP contribution in [0.25, 0.3) is 0 Å². The topological polar surface area (TPSA) is 65.4 Å². The molecule has 0 radical (unpaired) electrons. The van der Waals surface area contributed by atoms with Crippen molar-refractivity contribution in [2.75, 3.05) is 6.26 Å². The molecule has 1 heterocycles. The fourth-order valence-electron chi connectivity index (χ4n) is 1.55. The van der Waals surface area contributed by atoms with Crippen LogP contribution in [-0.2, 0) is 14.8 Å². The van der Waals surface area contributed by atoms with E-state index in [1.807, 2.05) is 0 Å². The number of nitrogens with zero attached hydrogens (tertiary/aromatic N) is 1. The Morgan fingerprint density at radius 1 is 1.28 bits per heavy atom. The molecule has 102 valence electrons. The fraction of sp³-hybridized carbons (Fsp3) is 0.583. The molecule has 0 fully saturated rings. The van der Waals surface area contributed by atoms with Gasteiger partial charge in [-0.2, -0.15) is 0 Å². The van der Waals surface area contributed by atoms with Crippen LogP contribution in [0.15, 0.2) is 6.20 Å². The highest BCUT2D eigenvalue weighted by molar-refractivity contribution is 7.89. The minimum atomic E-state index is -3.40. The maximum Gasteiger partial charge on any atom is 0.340 e. The van der Waals surface area contributed by atoms with Gasteiger partial charge in [0.15, 0.2) is 0 Å². The highest BCUT2D eigenvalue weighted by Crippen LogP contribution is 2.20. The number of aromatic nitrogens is 1. The molecule has 0 amide bonds. The molecular weight excluding hydrogens is 254 g/mol. The number of esters is 1. The summed E-state index contributed by atoms with van der Waals surface area (Å²) in [5.74, 6) is -0.509. The molecule has 0 aliphatic rings. The van der Waals surface area contributed by atoms with Crippen molar-refractivity contribution in [1.29, 1.82) is 0 Å². The highest BCUT2D eigenvalue weighted by atomic mass is 32.2. The molecule has 6 heteroatoms. The number of hydrogen-bond acceptors (Lipinski definition) is 4. The first kappa shape index (κ1) is 14.8. The third-order valence-electron chi connectivity index (χ3n) is 2.50. The van der Waals surface area contributed by atoms with Crippen LogP contribution in [0.3, 0.4) is 0 Å². The van der Waals surface area contributed by atoms with Gasteiger partial charge in [0.05, 0.1) is 11.8 Å². The highest BCUT2D eigenvalue weighted by Gasteiger charge is 2.24. The van der Waals surface area contributed by atoms with E-state index in [1.165, 1.54) is 6.20 Å². The Labute approximate surface area is 108 Å². The molecule has 0 bridgehead atoms. The molecule has 1 rings (SSSR count). The molecule has 0 saturated heterocycles. The van der Waals surface area contributed by atoms with E-state index < -0.39 is 21.6 Å². The van der Waals surface area contributed by atoms with E-state index in [1.54, 1.807) is 34.6 Å². The van der Waals surface area contributed by atoms with Crippen LogP contribution in [-0.4, -0.2) is 30.2 Å². The minimum Gasteiger partial charge on any atom is -0.456 e. The third kappa shape index (κ3) is 3.13. The number of carbonyl (C=O) groups is 1. The summed E-state index contributed by atoms with van der Waals surface area (Å²) in [5.41, 5.74) is 0.825. The lowest BCUT2D eigenvalue weighted by molar-refractivity contribution is 0.00689. The number of rotatable bonds is 2. The van der Waals surface area contributed by atoms with Gasteiger partial charge in [-0.15, -0.1) is 0 Å². The minimum absolute atomic E-state index is 0.285. The van der Waals surface area contributed by atoms with Crippen molar-refractivity contribution in [1.82, 2.24) is 3.97 Å². The molecule has 0 aliphatic heterocycles. The van der Waals surface area contributed by atoms with E-state index in [0.29, 0.717) is 11.3 Å². The lowest BCUT2D eigenvalue weighted by Gasteiger charge is -2.19. The number of ether oxygens (including phenoxy) is 1. The van der Waals surface area contributed by atoms with Gasteiger partial charge in [-0.25, -0.2) is 17.2 Å². The van der Waals surface area contributed by atoms with Gasteiger partial charge in [0, 0.05) is 11.9 Å². The molecule has 0 aliphatic carbocycles. The summed E-state index contributed by atoms with van der Waals surface area (Å²) in [4.78, 5) is 11.9. The van der Waals surface area contributed by atoms with Crippen molar-refractivity contribution in [3.8, 4) is 0 Å². The van der Waals surface area contributed by atoms with E-state index in [9.17, 15) is 13.2 Å². The van der Waals surface area contributed by atoms with Crippen LogP contribution < -0.4 is 0 Å². The van der Waals surface area contributed by atoms with Crippen molar-refractivity contribution >= 4 is 16.0 Å². The lowest BCUT2D eigenvalue weighted by Crippen LogP contribution is -2.24. The van der Waals surface area contributed by atoms with E-state index >= 15 is 0 Å². The second-order valence-electron chi connectivity index (χ2n) is 5.31. The van der Waals surface area contributed by atoms with Gasteiger partial charge in [0.2, 0.25) is 10.0 Å². The molecule has 0 N–H and O–H groups in total. The summed E-state index contributed by atoms with van der Waals surface area (Å²) in [7, 11) is -3.40. The number of carbonyl (C=O) groups excluding carboxylic acids is 1. The molecular formula is C12H19NO4S. The largest absolute Gasteiger partial charge is 0.456 e. The molecule has 5 nitrogen and oxygen atoms in total. The predicted molar refractivity (Wildman–Crippen MR) is 69.3 cm³/mol. The SMILES string of the molecule is Cc1c(C(=O)OC(C)(C)C)cn(S(C)(=O)=O)c1C. The Morgan fingerprint density at radius 2 is 1.78 bits per heavy atom. The van der Waals surface area contributed by atoms with Gasteiger partial charge in [0.1, 0.15) is 5.60 Å². The zero-order valence-electron chi connectivity index (χ0n) is 11.6. The van der Waals surface area contributed by atoms with E-state index in [-0.39, 0.29) is 5.56 Å². The van der Waals surface area contributed by atoms with Crippen molar-refractivity contribution in [2.45, 2.75) is 40.2 Å². The number of hydrogen-bond donors (Lipinski definition) is 0. The molecule has 0 atom stereocenters. The lowest BCUT2D eigenvalue weighted by atomic mass is 10.1. The van der Waals surface area contributed by atoms with Gasteiger partial charge in [-0.05, 0) is 40.2 Å². The smallest absolute Gasteiger partial charge is 0.340 e. The maximum atomic E-state index is 11.9. The van der Waals surface area contributed by atoms with Crippen molar-refractivity contribution < 1.29 is 17.9 Å².